The van der Waals surface area contributed by atoms with Crippen LogP contribution in [0.3, 0.4) is 0 Å². The first-order valence-electron chi connectivity index (χ1n) is 10.6. The molecule has 2 saturated carbocycles. The number of hydrogen-bond donors (Lipinski definition) is 2. The molecule has 2 aliphatic carbocycles. The molecule has 2 aromatic rings. The van der Waals surface area contributed by atoms with Gasteiger partial charge in [-0.1, -0.05) is 12.5 Å². The summed E-state index contributed by atoms with van der Waals surface area (Å²) in [5.41, 5.74) is 0.360. The van der Waals surface area contributed by atoms with Gasteiger partial charge in [-0.25, -0.2) is 0 Å². The van der Waals surface area contributed by atoms with Crippen molar-refractivity contribution in [1.82, 2.24) is 10.6 Å². The van der Waals surface area contributed by atoms with E-state index in [1.165, 1.54) is 30.6 Å². The minimum absolute atomic E-state index is 0. The molecule has 7 heteroatoms. The van der Waals surface area contributed by atoms with Gasteiger partial charge in [-0.3, -0.25) is 4.99 Å². The minimum Gasteiger partial charge on any atom is -0.469 e. The van der Waals surface area contributed by atoms with Crippen LogP contribution in [0.15, 0.2) is 45.3 Å². The van der Waals surface area contributed by atoms with Crippen molar-refractivity contribution in [3.05, 3.63) is 46.5 Å². The van der Waals surface area contributed by atoms with Gasteiger partial charge in [-0.05, 0) is 42.8 Å². The topological polar surface area (TPSA) is 58.8 Å². The highest BCUT2D eigenvalue weighted by Gasteiger charge is 2.66. The van der Waals surface area contributed by atoms with Gasteiger partial charge < -0.3 is 19.8 Å². The number of furan rings is 1. The van der Waals surface area contributed by atoms with Crippen molar-refractivity contribution < 1.29 is 9.15 Å². The standard InChI is InChI=1S/C22H29N3O2S.HI/c1-4-16(26-13-1)6-11-23-21(24-12-7-17-5-2-15-28-17)25-19-18-8-14-27-20(18)22(19)9-3-10-22;/h1-2,4-5,13,15,18-20H,3,6-12,14H2,(H2,23,24,25);1H. The van der Waals surface area contributed by atoms with E-state index in [9.17, 15) is 0 Å². The zero-order valence-electron chi connectivity index (χ0n) is 16.6. The van der Waals surface area contributed by atoms with Crippen molar-refractivity contribution in [1.29, 1.82) is 0 Å². The molecule has 1 spiro atoms. The van der Waals surface area contributed by atoms with Gasteiger partial charge in [0.25, 0.3) is 0 Å². The third kappa shape index (κ3) is 4.23. The number of nitrogens with zero attached hydrogens (tertiary/aromatic N) is 1. The molecule has 3 aliphatic rings. The number of nitrogens with one attached hydrogen (secondary N) is 2. The Bertz CT molecular complexity index is 789. The van der Waals surface area contributed by atoms with Crippen molar-refractivity contribution in [3.63, 3.8) is 0 Å². The van der Waals surface area contributed by atoms with Crippen molar-refractivity contribution in [2.75, 3.05) is 19.7 Å². The Kier molecular flexibility index (Phi) is 6.86. The fraction of sp³-hybridized carbons (Fsp3) is 0.591. The van der Waals surface area contributed by atoms with Crippen LogP contribution in [0.2, 0.25) is 0 Å². The third-order valence-corrected chi connectivity index (χ3v) is 7.72. The molecule has 3 atom stereocenters. The first kappa shape index (κ1) is 21.2. The van der Waals surface area contributed by atoms with E-state index in [-0.39, 0.29) is 24.0 Å². The van der Waals surface area contributed by atoms with Crippen LogP contribution in [0.5, 0.6) is 0 Å². The number of thiophene rings is 1. The van der Waals surface area contributed by atoms with Gasteiger partial charge in [0.15, 0.2) is 5.96 Å². The number of ether oxygens (including phenoxy) is 1. The van der Waals surface area contributed by atoms with E-state index in [1.807, 2.05) is 12.1 Å². The summed E-state index contributed by atoms with van der Waals surface area (Å²) in [7, 11) is 0. The van der Waals surface area contributed by atoms with Crippen molar-refractivity contribution in [2.24, 2.45) is 16.3 Å². The molecule has 158 valence electrons. The van der Waals surface area contributed by atoms with Gasteiger partial charge in [-0.15, -0.1) is 35.3 Å². The zero-order chi connectivity index (χ0) is 18.8. The summed E-state index contributed by atoms with van der Waals surface area (Å²) in [6.45, 7) is 2.55. The van der Waals surface area contributed by atoms with E-state index >= 15 is 0 Å². The average Bonchev–Trinajstić information content (AvgIpc) is 3.40. The largest absolute Gasteiger partial charge is 0.469 e. The molecular weight excluding hydrogens is 497 g/mol. The molecule has 0 aromatic carbocycles. The first-order chi connectivity index (χ1) is 13.9. The Morgan fingerprint density at radius 3 is 2.90 bits per heavy atom. The number of fused-ring (bicyclic) bond motifs is 2. The predicted octanol–water partition coefficient (Wildman–Crippen LogP) is 4.24. The molecule has 0 bridgehead atoms. The molecular formula is C22H30IN3O2S. The second kappa shape index (κ2) is 9.39. The van der Waals surface area contributed by atoms with Crippen molar-refractivity contribution in [2.45, 2.75) is 50.7 Å². The maximum atomic E-state index is 6.07. The Morgan fingerprint density at radius 2 is 2.17 bits per heavy atom. The van der Waals surface area contributed by atoms with Crippen LogP contribution < -0.4 is 10.6 Å². The molecule has 5 nitrogen and oxygen atoms in total. The van der Waals surface area contributed by atoms with Crippen LogP contribution >= 0.6 is 35.3 Å². The number of rotatable bonds is 7. The van der Waals surface area contributed by atoms with Gasteiger partial charge in [0, 0.05) is 54.8 Å². The van der Waals surface area contributed by atoms with E-state index in [2.05, 4.69) is 28.1 Å². The van der Waals surface area contributed by atoms with Crippen LogP contribution in [0, 0.1) is 11.3 Å². The number of halogens is 1. The van der Waals surface area contributed by atoms with Crippen LogP contribution in [-0.2, 0) is 17.6 Å². The summed E-state index contributed by atoms with van der Waals surface area (Å²) in [5.74, 6) is 2.60. The molecule has 3 unspecified atom stereocenters. The Balaban J connectivity index is 0.00000205. The van der Waals surface area contributed by atoms with E-state index in [0.29, 0.717) is 23.5 Å². The highest BCUT2D eigenvalue weighted by atomic mass is 127. The third-order valence-electron chi connectivity index (χ3n) is 6.78. The highest BCUT2D eigenvalue weighted by Crippen LogP contribution is 2.62. The van der Waals surface area contributed by atoms with Gasteiger partial charge in [-0.2, -0.15) is 0 Å². The lowest BCUT2D eigenvalue weighted by atomic mass is 9.46. The SMILES string of the molecule is I.c1coc(CCNC(=NCCc2cccs2)NC2C3CCOC3C23CCC3)c1. The predicted molar refractivity (Wildman–Crippen MR) is 127 cm³/mol. The van der Waals surface area contributed by atoms with Crippen LogP contribution in [-0.4, -0.2) is 37.8 Å². The Morgan fingerprint density at radius 1 is 1.24 bits per heavy atom. The monoisotopic (exact) mass is 527 g/mol. The maximum Gasteiger partial charge on any atom is 0.191 e. The van der Waals surface area contributed by atoms with Crippen molar-refractivity contribution in [3.8, 4) is 0 Å². The highest BCUT2D eigenvalue weighted by molar-refractivity contribution is 14.0. The summed E-state index contributed by atoms with van der Waals surface area (Å²) in [4.78, 5) is 6.30. The fourth-order valence-electron chi connectivity index (χ4n) is 5.25. The number of guanidine groups is 1. The molecule has 2 N–H and O–H groups in total. The molecule has 29 heavy (non-hydrogen) atoms. The smallest absolute Gasteiger partial charge is 0.191 e. The van der Waals surface area contributed by atoms with Crippen LogP contribution in [0.1, 0.15) is 36.3 Å². The van der Waals surface area contributed by atoms with Gasteiger partial charge in [0.05, 0.1) is 12.4 Å². The van der Waals surface area contributed by atoms with Gasteiger partial charge in [0.2, 0.25) is 0 Å². The molecule has 2 aromatic heterocycles. The lowest BCUT2D eigenvalue weighted by Crippen LogP contribution is -2.72. The quantitative estimate of drug-likeness (QED) is 0.322. The summed E-state index contributed by atoms with van der Waals surface area (Å²) in [6, 6.07) is 8.77. The van der Waals surface area contributed by atoms with Crippen LogP contribution in [0.25, 0.3) is 0 Å². The summed E-state index contributed by atoms with van der Waals surface area (Å²) < 4.78 is 11.5. The molecule has 0 radical (unpaired) electrons. The summed E-state index contributed by atoms with van der Waals surface area (Å²) >= 11 is 1.81. The Hall–Kier alpha value is -1.06. The molecule has 0 amide bonds. The molecule has 1 aliphatic heterocycles. The van der Waals surface area contributed by atoms with Crippen molar-refractivity contribution >= 4 is 41.3 Å². The minimum atomic E-state index is 0. The maximum absolute atomic E-state index is 6.07. The van der Waals surface area contributed by atoms with E-state index in [0.717, 1.165) is 44.3 Å². The molecule has 3 fully saturated rings. The Labute approximate surface area is 193 Å². The molecule has 1 saturated heterocycles. The lowest BCUT2D eigenvalue weighted by molar-refractivity contribution is -0.171. The zero-order valence-corrected chi connectivity index (χ0v) is 19.8. The van der Waals surface area contributed by atoms with E-state index in [1.54, 1.807) is 17.6 Å². The molecule has 3 heterocycles. The fourth-order valence-corrected chi connectivity index (χ4v) is 5.95. The number of aliphatic imine (C=N–C) groups is 1. The first-order valence-corrected chi connectivity index (χ1v) is 11.4. The second-order valence-corrected chi connectivity index (χ2v) is 9.30. The molecule has 5 rings (SSSR count). The lowest BCUT2D eigenvalue weighted by Gasteiger charge is -2.63. The average molecular weight is 527 g/mol. The summed E-state index contributed by atoms with van der Waals surface area (Å²) in [5, 5.41) is 9.49. The van der Waals surface area contributed by atoms with Gasteiger partial charge in [0.1, 0.15) is 5.76 Å². The summed E-state index contributed by atoms with van der Waals surface area (Å²) in [6.07, 6.45) is 9.17. The van der Waals surface area contributed by atoms with E-state index in [4.69, 9.17) is 14.1 Å². The second-order valence-electron chi connectivity index (χ2n) is 8.27. The van der Waals surface area contributed by atoms with E-state index < -0.39 is 0 Å². The normalized spacial score (nSPS) is 26.9. The number of hydrogen-bond acceptors (Lipinski definition) is 4. The van der Waals surface area contributed by atoms with Crippen LogP contribution in [0.4, 0.5) is 0 Å². The van der Waals surface area contributed by atoms with Gasteiger partial charge >= 0.3 is 0 Å².